The van der Waals surface area contributed by atoms with Crippen molar-refractivity contribution in [1.29, 1.82) is 0 Å². The summed E-state index contributed by atoms with van der Waals surface area (Å²) in [5, 5.41) is 5.56. The first-order valence-corrected chi connectivity index (χ1v) is 8.87. The lowest BCUT2D eigenvalue weighted by Gasteiger charge is -2.12. The van der Waals surface area contributed by atoms with E-state index in [0.717, 1.165) is 27.5 Å². The van der Waals surface area contributed by atoms with Crippen LogP contribution in [0, 0.1) is 13.8 Å². The van der Waals surface area contributed by atoms with Gasteiger partial charge >= 0.3 is 0 Å². The van der Waals surface area contributed by atoms with E-state index in [9.17, 15) is 9.59 Å². The molecule has 0 spiro atoms. The molecule has 2 aromatic carbocycles. The molecule has 24 heavy (non-hydrogen) atoms. The molecule has 2 N–H and O–H groups in total. The zero-order valence-electron chi connectivity index (χ0n) is 14.2. The molecule has 2 amide bonds. The average molecular weight is 342 g/mol. The van der Waals surface area contributed by atoms with E-state index in [4.69, 9.17) is 0 Å². The van der Waals surface area contributed by atoms with Gasteiger partial charge in [-0.15, -0.1) is 11.8 Å². The van der Waals surface area contributed by atoms with Crippen LogP contribution in [0.5, 0.6) is 0 Å². The average Bonchev–Trinajstić information content (AvgIpc) is 2.57. The van der Waals surface area contributed by atoms with Gasteiger partial charge < -0.3 is 10.6 Å². The Morgan fingerprint density at radius 1 is 1.00 bits per heavy atom. The fraction of sp³-hybridized carbons (Fsp3) is 0.263. The number of thioether (sulfide) groups is 1. The first kappa shape index (κ1) is 18.1. The second-order valence-electron chi connectivity index (χ2n) is 5.43. The van der Waals surface area contributed by atoms with Crippen LogP contribution in [0.25, 0.3) is 0 Å². The summed E-state index contributed by atoms with van der Waals surface area (Å²) < 4.78 is 0. The molecular formula is C19H22N2O2S. The number of carbonyl (C=O) groups is 2. The van der Waals surface area contributed by atoms with Gasteiger partial charge in [0.25, 0.3) is 5.91 Å². The molecular weight excluding hydrogens is 320 g/mol. The highest BCUT2D eigenvalue weighted by molar-refractivity contribution is 7.99. The smallest absolute Gasteiger partial charge is 0.252 e. The van der Waals surface area contributed by atoms with Gasteiger partial charge in [0.15, 0.2) is 0 Å². The van der Waals surface area contributed by atoms with E-state index in [1.54, 1.807) is 17.8 Å². The number of amides is 2. The number of aryl methyl sites for hydroxylation is 2. The first-order valence-electron chi connectivity index (χ1n) is 7.89. The Morgan fingerprint density at radius 3 is 2.33 bits per heavy atom. The van der Waals surface area contributed by atoms with Crippen molar-refractivity contribution in [3.05, 3.63) is 59.2 Å². The maximum absolute atomic E-state index is 12.3. The van der Waals surface area contributed by atoms with E-state index < -0.39 is 0 Å². The van der Waals surface area contributed by atoms with Gasteiger partial charge in [0.1, 0.15) is 0 Å². The van der Waals surface area contributed by atoms with Crippen molar-refractivity contribution in [1.82, 2.24) is 5.32 Å². The van der Waals surface area contributed by atoms with Crippen LogP contribution in [0.4, 0.5) is 5.69 Å². The van der Waals surface area contributed by atoms with Crippen molar-refractivity contribution < 1.29 is 9.59 Å². The van der Waals surface area contributed by atoms with Crippen molar-refractivity contribution in [2.24, 2.45) is 0 Å². The fourth-order valence-electron chi connectivity index (χ4n) is 2.39. The molecule has 0 aliphatic heterocycles. The molecule has 2 rings (SSSR count). The number of para-hydroxylation sites is 1. The lowest BCUT2D eigenvalue weighted by molar-refractivity contribution is -0.115. The van der Waals surface area contributed by atoms with E-state index in [0.29, 0.717) is 5.56 Å². The molecule has 0 heterocycles. The molecule has 0 radical (unpaired) electrons. The highest BCUT2D eigenvalue weighted by Crippen LogP contribution is 2.22. The van der Waals surface area contributed by atoms with Crippen molar-refractivity contribution in [3.8, 4) is 0 Å². The quantitative estimate of drug-likeness (QED) is 0.786. The molecule has 5 heteroatoms. The molecule has 0 aliphatic rings. The number of hydrogen-bond acceptors (Lipinski definition) is 3. The predicted octanol–water partition coefficient (Wildman–Crippen LogP) is 3.78. The third-order valence-electron chi connectivity index (χ3n) is 3.59. The predicted molar refractivity (Wildman–Crippen MR) is 99.7 cm³/mol. The van der Waals surface area contributed by atoms with Crippen molar-refractivity contribution >= 4 is 29.3 Å². The van der Waals surface area contributed by atoms with E-state index in [1.807, 2.05) is 57.2 Å². The molecule has 126 valence electrons. The van der Waals surface area contributed by atoms with Crippen LogP contribution in [0.2, 0.25) is 0 Å². The summed E-state index contributed by atoms with van der Waals surface area (Å²) in [6.07, 6.45) is 0. The largest absolute Gasteiger partial charge is 0.343 e. The number of anilines is 1. The summed E-state index contributed by atoms with van der Waals surface area (Å²) in [5.74, 6) is 0.418. The van der Waals surface area contributed by atoms with Gasteiger partial charge in [-0.3, -0.25) is 9.59 Å². The Morgan fingerprint density at radius 2 is 1.67 bits per heavy atom. The van der Waals surface area contributed by atoms with Gasteiger partial charge in [0.2, 0.25) is 5.91 Å². The van der Waals surface area contributed by atoms with Crippen molar-refractivity contribution in [3.63, 3.8) is 0 Å². The van der Waals surface area contributed by atoms with Gasteiger partial charge in [-0.2, -0.15) is 0 Å². The Bertz CT molecular complexity index is 724. The van der Waals surface area contributed by atoms with E-state index in [2.05, 4.69) is 10.6 Å². The topological polar surface area (TPSA) is 58.2 Å². The Kier molecular flexibility index (Phi) is 6.44. The minimum atomic E-state index is -0.235. The van der Waals surface area contributed by atoms with Gasteiger partial charge in [0, 0.05) is 10.6 Å². The summed E-state index contributed by atoms with van der Waals surface area (Å²) in [6, 6.07) is 13.3. The van der Waals surface area contributed by atoms with Crippen LogP contribution in [0.1, 0.15) is 28.4 Å². The highest BCUT2D eigenvalue weighted by Gasteiger charge is 2.13. The summed E-state index contributed by atoms with van der Waals surface area (Å²) in [6.45, 7) is 5.87. The molecule has 0 fully saturated rings. The Labute approximate surface area is 147 Å². The highest BCUT2D eigenvalue weighted by atomic mass is 32.2. The molecule has 0 unspecified atom stereocenters. The second kappa shape index (κ2) is 8.55. The maximum Gasteiger partial charge on any atom is 0.252 e. The number of nitrogens with one attached hydrogen (secondary N) is 2. The third kappa shape index (κ3) is 4.61. The molecule has 0 aromatic heterocycles. The van der Waals surface area contributed by atoms with Crippen LogP contribution in [0.3, 0.4) is 0 Å². The SMILES string of the molecule is CCSc1ccccc1C(=O)NCC(=O)Nc1c(C)cccc1C. The second-order valence-corrected chi connectivity index (χ2v) is 6.73. The molecule has 4 nitrogen and oxygen atoms in total. The third-order valence-corrected chi connectivity index (χ3v) is 4.54. The van der Waals surface area contributed by atoms with E-state index in [1.165, 1.54) is 0 Å². The molecule has 0 atom stereocenters. The summed E-state index contributed by atoms with van der Waals surface area (Å²) in [5.41, 5.74) is 3.40. The number of hydrogen-bond donors (Lipinski definition) is 2. The zero-order valence-corrected chi connectivity index (χ0v) is 15.0. The van der Waals surface area contributed by atoms with Gasteiger partial charge in [-0.1, -0.05) is 37.3 Å². The normalized spacial score (nSPS) is 10.3. The zero-order chi connectivity index (χ0) is 17.5. The molecule has 0 saturated heterocycles. The van der Waals surface area contributed by atoms with E-state index >= 15 is 0 Å². The summed E-state index contributed by atoms with van der Waals surface area (Å²) in [4.78, 5) is 25.4. The Balaban J connectivity index is 1.98. The van der Waals surface area contributed by atoms with Crippen LogP contribution in [0.15, 0.2) is 47.4 Å². The summed E-state index contributed by atoms with van der Waals surface area (Å²) in [7, 11) is 0. The van der Waals surface area contributed by atoms with Crippen LogP contribution >= 0.6 is 11.8 Å². The molecule has 0 aliphatic carbocycles. The van der Waals surface area contributed by atoms with E-state index in [-0.39, 0.29) is 18.4 Å². The van der Waals surface area contributed by atoms with Gasteiger partial charge in [-0.25, -0.2) is 0 Å². The van der Waals surface area contributed by atoms with Gasteiger partial charge in [0.05, 0.1) is 12.1 Å². The number of carbonyl (C=O) groups excluding carboxylic acids is 2. The number of benzene rings is 2. The lowest BCUT2D eigenvalue weighted by Crippen LogP contribution is -2.33. The van der Waals surface area contributed by atoms with Crippen molar-refractivity contribution in [2.75, 3.05) is 17.6 Å². The Hall–Kier alpha value is -2.27. The molecule has 2 aromatic rings. The van der Waals surface area contributed by atoms with Crippen LogP contribution in [-0.4, -0.2) is 24.1 Å². The first-order chi connectivity index (χ1) is 11.5. The summed E-state index contributed by atoms with van der Waals surface area (Å²) >= 11 is 1.61. The maximum atomic E-state index is 12.3. The minimum absolute atomic E-state index is 0.0578. The monoisotopic (exact) mass is 342 g/mol. The molecule has 0 saturated carbocycles. The number of rotatable bonds is 6. The molecule has 0 bridgehead atoms. The van der Waals surface area contributed by atoms with Gasteiger partial charge in [-0.05, 0) is 42.9 Å². The van der Waals surface area contributed by atoms with Crippen molar-refractivity contribution in [2.45, 2.75) is 25.7 Å². The van der Waals surface area contributed by atoms with Crippen LogP contribution in [-0.2, 0) is 4.79 Å². The lowest BCUT2D eigenvalue weighted by atomic mass is 10.1. The fourth-order valence-corrected chi connectivity index (χ4v) is 3.19. The minimum Gasteiger partial charge on any atom is -0.343 e. The standard InChI is InChI=1S/C19H22N2O2S/c1-4-24-16-11-6-5-10-15(16)19(23)20-12-17(22)21-18-13(2)8-7-9-14(18)3/h5-11H,4,12H2,1-3H3,(H,20,23)(H,21,22). The van der Waals surface area contributed by atoms with Crippen LogP contribution < -0.4 is 10.6 Å².